The Morgan fingerprint density at radius 3 is 1.68 bits per heavy atom. The Morgan fingerprint density at radius 2 is 1.22 bits per heavy atom. The molecule has 3 unspecified atom stereocenters. The summed E-state index contributed by atoms with van der Waals surface area (Å²) in [5, 5.41) is 30.1. The number of aliphatic hydroxyl groups is 3. The van der Waals surface area contributed by atoms with Crippen molar-refractivity contribution >= 4 is 11.9 Å². The maximum absolute atomic E-state index is 12.8. The summed E-state index contributed by atoms with van der Waals surface area (Å²) in [6, 6.07) is 0. The van der Waals surface area contributed by atoms with Crippen LogP contribution in [-0.2, 0) is 19.1 Å². The van der Waals surface area contributed by atoms with Crippen molar-refractivity contribution in [3.63, 3.8) is 0 Å². The van der Waals surface area contributed by atoms with E-state index in [0.717, 1.165) is 38.5 Å². The van der Waals surface area contributed by atoms with Crippen LogP contribution in [0.25, 0.3) is 0 Å². The van der Waals surface area contributed by atoms with E-state index in [4.69, 9.17) is 9.47 Å². The van der Waals surface area contributed by atoms with E-state index in [1.165, 1.54) is 64.2 Å². The van der Waals surface area contributed by atoms with Crippen LogP contribution in [-0.4, -0.2) is 45.9 Å². The van der Waals surface area contributed by atoms with Gasteiger partial charge < -0.3 is 24.8 Å². The summed E-state index contributed by atoms with van der Waals surface area (Å²) in [6.07, 6.45) is 20.8. The van der Waals surface area contributed by atoms with Gasteiger partial charge in [0.25, 0.3) is 0 Å². The topological polar surface area (TPSA) is 113 Å². The molecule has 3 atom stereocenters. The SMILES string of the molecule is C/C=C/C(CCCCCCCCCC)C(=O)OC(O)(OC(=O)CCCCCCCCCCC)C(O)CO. The third kappa shape index (κ3) is 18.5. The molecule has 0 radical (unpaired) electrons. The lowest BCUT2D eigenvalue weighted by atomic mass is 9.99. The van der Waals surface area contributed by atoms with Gasteiger partial charge in [0.15, 0.2) is 6.10 Å². The Balaban J connectivity index is 4.58. The first kappa shape index (κ1) is 35.6. The third-order valence-electron chi connectivity index (χ3n) is 6.68. The molecular formula is C30H56O7. The van der Waals surface area contributed by atoms with Gasteiger partial charge in [-0.05, 0) is 19.8 Å². The lowest BCUT2D eigenvalue weighted by molar-refractivity contribution is -0.364. The van der Waals surface area contributed by atoms with Crippen molar-refractivity contribution in [1.82, 2.24) is 0 Å². The molecule has 0 saturated carbocycles. The number of allylic oxidation sites excluding steroid dienone is 1. The van der Waals surface area contributed by atoms with Crippen molar-refractivity contribution in [3.05, 3.63) is 12.2 Å². The second kappa shape index (κ2) is 23.7. The molecule has 0 aliphatic carbocycles. The summed E-state index contributed by atoms with van der Waals surface area (Å²) in [7, 11) is 0. The quantitative estimate of drug-likeness (QED) is 0.0522. The van der Waals surface area contributed by atoms with Crippen LogP contribution in [0.5, 0.6) is 0 Å². The first-order valence-corrected chi connectivity index (χ1v) is 14.9. The van der Waals surface area contributed by atoms with Crippen molar-refractivity contribution in [3.8, 4) is 0 Å². The number of aliphatic hydroxyl groups excluding tert-OH is 2. The molecule has 7 nitrogen and oxygen atoms in total. The summed E-state index contributed by atoms with van der Waals surface area (Å²) >= 11 is 0. The molecule has 0 amide bonds. The average molecular weight is 529 g/mol. The predicted octanol–water partition coefficient (Wildman–Crippen LogP) is 6.72. The zero-order chi connectivity index (χ0) is 27.8. The third-order valence-corrected chi connectivity index (χ3v) is 6.68. The standard InChI is InChI=1S/C30H56O7/c1-4-7-9-11-13-15-17-19-21-24-28(33)36-30(35,27(32)25-31)37-29(34)26(22-6-3)23-20-18-16-14-12-10-8-5-2/h6,22,26-27,31-32,35H,4-5,7-21,23-25H2,1-3H3/b22-6+. The van der Waals surface area contributed by atoms with Gasteiger partial charge in [0.1, 0.15) is 0 Å². The minimum absolute atomic E-state index is 0.0321. The highest BCUT2D eigenvalue weighted by molar-refractivity contribution is 5.75. The Kier molecular flexibility index (Phi) is 22.7. The lowest BCUT2D eigenvalue weighted by Crippen LogP contribution is -2.52. The maximum Gasteiger partial charge on any atom is 0.403 e. The fraction of sp³-hybridized carbons (Fsp3) is 0.867. The number of hydrogen-bond acceptors (Lipinski definition) is 7. The highest BCUT2D eigenvalue weighted by Gasteiger charge is 2.45. The summed E-state index contributed by atoms with van der Waals surface area (Å²) in [5.41, 5.74) is 0. The van der Waals surface area contributed by atoms with Gasteiger partial charge in [0.2, 0.25) is 0 Å². The van der Waals surface area contributed by atoms with Crippen LogP contribution >= 0.6 is 0 Å². The van der Waals surface area contributed by atoms with Crippen molar-refractivity contribution < 1.29 is 34.4 Å². The van der Waals surface area contributed by atoms with Gasteiger partial charge in [-0.15, -0.1) is 0 Å². The van der Waals surface area contributed by atoms with Crippen molar-refractivity contribution in [2.45, 2.75) is 155 Å². The normalized spacial score (nSPS) is 14.9. The second-order valence-corrected chi connectivity index (χ2v) is 10.2. The second-order valence-electron chi connectivity index (χ2n) is 10.2. The van der Waals surface area contributed by atoms with E-state index in [-0.39, 0.29) is 6.42 Å². The zero-order valence-electron chi connectivity index (χ0n) is 23.9. The van der Waals surface area contributed by atoms with E-state index in [1.807, 2.05) is 0 Å². The molecule has 3 N–H and O–H groups in total. The van der Waals surface area contributed by atoms with Crippen molar-refractivity contribution in [1.29, 1.82) is 0 Å². The van der Waals surface area contributed by atoms with Gasteiger partial charge >= 0.3 is 17.9 Å². The summed E-state index contributed by atoms with van der Waals surface area (Å²) < 4.78 is 10.1. The molecule has 0 bridgehead atoms. The van der Waals surface area contributed by atoms with E-state index < -0.39 is 36.5 Å². The summed E-state index contributed by atoms with van der Waals surface area (Å²) in [6.45, 7) is 5.24. The number of hydrogen-bond donors (Lipinski definition) is 3. The van der Waals surface area contributed by atoms with E-state index in [2.05, 4.69) is 13.8 Å². The number of carbonyl (C=O) groups excluding carboxylic acids is 2. The van der Waals surface area contributed by atoms with Gasteiger partial charge in [0.05, 0.1) is 12.5 Å². The molecule has 0 aliphatic rings. The molecule has 0 fully saturated rings. The van der Waals surface area contributed by atoms with Crippen LogP contribution in [0.4, 0.5) is 0 Å². The van der Waals surface area contributed by atoms with Gasteiger partial charge in [-0.1, -0.05) is 129 Å². The molecule has 0 aromatic carbocycles. The molecule has 7 heteroatoms. The number of unbranched alkanes of at least 4 members (excludes halogenated alkanes) is 15. The van der Waals surface area contributed by atoms with Gasteiger partial charge in [-0.3, -0.25) is 9.59 Å². The summed E-state index contributed by atoms with van der Waals surface area (Å²) in [4.78, 5) is 25.1. The molecule has 0 aromatic rings. The van der Waals surface area contributed by atoms with Crippen LogP contribution < -0.4 is 0 Å². The number of carbonyl (C=O) groups is 2. The molecule has 37 heavy (non-hydrogen) atoms. The van der Waals surface area contributed by atoms with Gasteiger partial charge in [-0.2, -0.15) is 0 Å². The highest BCUT2D eigenvalue weighted by atomic mass is 16.8. The maximum atomic E-state index is 12.8. The van der Waals surface area contributed by atoms with Crippen LogP contribution in [0.1, 0.15) is 143 Å². The zero-order valence-corrected chi connectivity index (χ0v) is 23.9. The fourth-order valence-electron chi connectivity index (χ4n) is 4.31. The van der Waals surface area contributed by atoms with Crippen molar-refractivity contribution in [2.75, 3.05) is 6.61 Å². The van der Waals surface area contributed by atoms with Gasteiger partial charge in [-0.25, -0.2) is 0 Å². The highest BCUT2D eigenvalue weighted by Crippen LogP contribution is 2.23. The first-order valence-electron chi connectivity index (χ1n) is 14.9. The molecule has 218 valence electrons. The average Bonchev–Trinajstić information content (AvgIpc) is 2.87. The van der Waals surface area contributed by atoms with Crippen molar-refractivity contribution in [2.24, 2.45) is 5.92 Å². The van der Waals surface area contributed by atoms with E-state index in [1.54, 1.807) is 19.1 Å². The number of rotatable bonds is 25. The summed E-state index contributed by atoms with van der Waals surface area (Å²) in [5.74, 6) is -5.14. The largest absolute Gasteiger partial charge is 0.403 e. The molecule has 0 heterocycles. The molecular weight excluding hydrogens is 472 g/mol. The Hall–Kier alpha value is -1.44. The molecule has 0 aliphatic heterocycles. The predicted molar refractivity (Wildman–Crippen MR) is 148 cm³/mol. The lowest BCUT2D eigenvalue weighted by Gasteiger charge is -2.31. The van der Waals surface area contributed by atoms with Crippen LogP contribution in [0.2, 0.25) is 0 Å². The van der Waals surface area contributed by atoms with Gasteiger partial charge in [0, 0.05) is 6.42 Å². The molecule has 0 aromatic heterocycles. The van der Waals surface area contributed by atoms with E-state index in [0.29, 0.717) is 12.8 Å². The monoisotopic (exact) mass is 528 g/mol. The number of esters is 2. The first-order chi connectivity index (χ1) is 17.8. The minimum atomic E-state index is -2.92. The number of ether oxygens (including phenoxy) is 2. The Bertz CT molecular complexity index is 592. The molecule has 0 spiro atoms. The minimum Gasteiger partial charge on any atom is -0.396 e. The Labute approximate surface area is 226 Å². The van der Waals surface area contributed by atoms with Crippen LogP contribution in [0.15, 0.2) is 12.2 Å². The van der Waals surface area contributed by atoms with Crippen LogP contribution in [0.3, 0.4) is 0 Å². The Morgan fingerprint density at radius 1 is 0.757 bits per heavy atom. The molecule has 0 rings (SSSR count). The molecule has 0 saturated heterocycles. The fourth-order valence-corrected chi connectivity index (χ4v) is 4.31. The van der Waals surface area contributed by atoms with E-state index in [9.17, 15) is 24.9 Å². The van der Waals surface area contributed by atoms with E-state index >= 15 is 0 Å². The smallest absolute Gasteiger partial charge is 0.396 e. The van der Waals surface area contributed by atoms with Crippen LogP contribution in [0, 0.1) is 5.92 Å².